The Kier molecular flexibility index (Phi) is 4.23. The van der Waals surface area contributed by atoms with Gasteiger partial charge in [-0.25, -0.2) is 8.42 Å². The highest BCUT2D eigenvalue weighted by atomic mass is 35.5. The number of anilines is 1. The summed E-state index contributed by atoms with van der Waals surface area (Å²) in [6.45, 7) is 0.212. The lowest BCUT2D eigenvalue weighted by Gasteiger charge is -2.33. The molecule has 0 aromatic heterocycles. The fourth-order valence-electron chi connectivity index (χ4n) is 2.70. The number of halogens is 1. The molecular formula is C16H16ClNO4S. The number of rotatable bonds is 3. The van der Waals surface area contributed by atoms with Crippen LogP contribution in [0.4, 0.5) is 5.69 Å². The zero-order chi connectivity index (χ0) is 16.6. The summed E-state index contributed by atoms with van der Waals surface area (Å²) in [7, 11) is -2.29. The first-order valence-electron chi connectivity index (χ1n) is 7.08. The monoisotopic (exact) mass is 353 g/mol. The van der Waals surface area contributed by atoms with Crippen molar-refractivity contribution in [2.24, 2.45) is 0 Å². The molecule has 0 fully saturated rings. The third kappa shape index (κ3) is 2.78. The Balaban J connectivity index is 2.07. The Labute approximate surface area is 140 Å². The van der Waals surface area contributed by atoms with E-state index >= 15 is 0 Å². The van der Waals surface area contributed by atoms with Crippen molar-refractivity contribution < 1.29 is 18.3 Å². The second-order valence-electron chi connectivity index (χ2n) is 5.24. The number of ether oxygens (including phenoxy) is 1. The molecule has 1 aliphatic rings. The van der Waals surface area contributed by atoms with Gasteiger partial charge in [-0.15, -0.1) is 0 Å². The van der Waals surface area contributed by atoms with Crippen molar-refractivity contribution in [1.29, 1.82) is 0 Å². The summed E-state index contributed by atoms with van der Waals surface area (Å²) in [6, 6.07) is 11.3. The number of fused-ring (bicyclic) bond motifs is 1. The molecule has 1 heterocycles. The van der Waals surface area contributed by atoms with Crippen molar-refractivity contribution in [2.75, 3.05) is 18.0 Å². The first kappa shape index (κ1) is 16.1. The molecule has 23 heavy (non-hydrogen) atoms. The van der Waals surface area contributed by atoms with Crippen LogP contribution in [0.15, 0.2) is 47.4 Å². The smallest absolute Gasteiger partial charge is 0.264 e. The van der Waals surface area contributed by atoms with Gasteiger partial charge in [-0.2, -0.15) is 0 Å². The summed E-state index contributed by atoms with van der Waals surface area (Å²) >= 11 is 6.05. The highest BCUT2D eigenvalue weighted by molar-refractivity contribution is 7.92. The maximum Gasteiger partial charge on any atom is 0.264 e. The molecule has 0 radical (unpaired) electrons. The zero-order valence-electron chi connectivity index (χ0n) is 12.4. The Morgan fingerprint density at radius 2 is 2.00 bits per heavy atom. The molecule has 1 aliphatic heterocycles. The Morgan fingerprint density at radius 3 is 2.70 bits per heavy atom. The molecule has 0 spiro atoms. The normalized spacial score (nSPS) is 17.7. The fraction of sp³-hybridized carbons (Fsp3) is 0.250. The average molecular weight is 354 g/mol. The fourth-order valence-corrected chi connectivity index (χ4v) is 4.55. The van der Waals surface area contributed by atoms with Gasteiger partial charge in [0.1, 0.15) is 5.75 Å². The molecule has 7 heteroatoms. The van der Waals surface area contributed by atoms with Gasteiger partial charge in [0, 0.05) is 12.1 Å². The van der Waals surface area contributed by atoms with Crippen molar-refractivity contribution in [3.63, 3.8) is 0 Å². The summed E-state index contributed by atoms with van der Waals surface area (Å²) in [5, 5.41) is 10.3. The van der Waals surface area contributed by atoms with E-state index in [0.29, 0.717) is 23.4 Å². The topological polar surface area (TPSA) is 66.8 Å². The molecule has 2 aromatic carbocycles. The summed E-state index contributed by atoms with van der Waals surface area (Å²) in [6.07, 6.45) is -0.308. The number of aliphatic hydroxyl groups excluding tert-OH is 1. The minimum Gasteiger partial charge on any atom is -0.495 e. The molecule has 0 amide bonds. The Bertz CT molecular complexity index is 838. The standard InChI is InChI=1S/C16H16ClNO4S/c1-22-16-7-6-11(10-13(16)17)23(20,21)18-9-8-15(19)12-4-2-3-5-14(12)18/h2-7,10,15,19H,8-9H2,1H3. The van der Waals surface area contributed by atoms with Crippen molar-refractivity contribution in [3.8, 4) is 5.75 Å². The van der Waals surface area contributed by atoms with Crippen LogP contribution in [0, 0.1) is 0 Å². The summed E-state index contributed by atoms with van der Waals surface area (Å²) in [5.74, 6) is 0.417. The zero-order valence-corrected chi connectivity index (χ0v) is 14.0. The lowest BCUT2D eigenvalue weighted by Crippen LogP contribution is -2.36. The number of para-hydroxylation sites is 1. The van der Waals surface area contributed by atoms with Crippen molar-refractivity contribution in [2.45, 2.75) is 17.4 Å². The van der Waals surface area contributed by atoms with E-state index in [9.17, 15) is 13.5 Å². The van der Waals surface area contributed by atoms with E-state index in [1.807, 2.05) is 0 Å². The molecule has 2 aromatic rings. The van der Waals surface area contributed by atoms with E-state index in [-0.39, 0.29) is 16.5 Å². The number of nitrogens with zero attached hydrogens (tertiary/aromatic N) is 1. The highest BCUT2D eigenvalue weighted by Gasteiger charge is 2.32. The van der Waals surface area contributed by atoms with E-state index in [0.717, 1.165) is 0 Å². The van der Waals surface area contributed by atoms with Crippen molar-refractivity contribution in [3.05, 3.63) is 53.1 Å². The molecule has 1 unspecified atom stereocenters. The van der Waals surface area contributed by atoms with Gasteiger partial charge in [-0.3, -0.25) is 4.31 Å². The van der Waals surface area contributed by atoms with Crippen molar-refractivity contribution >= 4 is 27.3 Å². The molecule has 122 valence electrons. The van der Waals surface area contributed by atoms with Gasteiger partial charge in [0.2, 0.25) is 0 Å². The lowest BCUT2D eigenvalue weighted by atomic mass is 10.0. The third-order valence-electron chi connectivity index (χ3n) is 3.88. The van der Waals surface area contributed by atoms with E-state index in [1.165, 1.54) is 29.6 Å². The average Bonchev–Trinajstić information content (AvgIpc) is 2.55. The molecule has 0 saturated heterocycles. The summed E-state index contributed by atoms with van der Waals surface area (Å²) < 4.78 is 32.3. The van der Waals surface area contributed by atoms with Crippen LogP contribution in [0.1, 0.15) is 18.1 Å². The molecule has 0 saturated carbocycles. The maximum atomic E-state index is 13.0. The van der Waals surface area contributed by atoms with Gasteiger partial charge in [0.05, 0.1) is 28.8 Å². The summed E-state index contributed by atoms with van der Waals surface area (Å²) in [5.41, 5.74) is 1.11. The largest absolute Gasteiger partial charge is 0.495 e. The van der Waals surface area contributed by atoms with Crippen LogP contribution in [-0.2, 0) is 10.0 Å². The van der Waals surface area contributed by atoms with Crippen LogP contribution in [0.2, 0.25) is 5.02 Å². The summed E-state index contributed by atoms with van der Waals surface area (Å²) in [4.78, 5) is 0.0921. The molecule has 1 atom stereocenters. The number of hydrogen-bond acceptors (Lipinski definition) is 4. The van der Waals surface area contributed by atoms with Crippen LogP contribution in [-0.4, -0.2) is 27.2 Å². The maximum absolute atomic E-state index is 13.0. The van der Waals surface area contributed by atoms with Crippen molar-refractivity contribution in [1.82, 2.24) is 0 Å². The number of aliphatic hydroxyl groups is 1. The predicted molar refractivity (Wildman–Crippen MR) is 88.6 cm³/mol. The first-order chi connectivity index (χ1) is 10.9. The number of hydrogen-bond donors (Lipinski definition) is 1. The van der Waals surface area contributed by atoms with Gasteiger partial charge in [0.15, 0.2) is 0 Å². The molecule has 0 bridgehead atoms. The lowest BCUT2D eigenvalue weighted by molar-refractivity contribution is 0.166. The third-order valence-corrected chi connectivity index (χ3v) is 5.99. The minimum absolute atomic E-state index is 0.0921. The quantitative estimate of drug-likeness (QED) is 0.921. The molecule has 5 nitrogen and oxygen atoms in total. The minimum atomic E-state index is -3.76. The molecule has 3 rings (SSSR count). The van der Waals surface area contributed by atoms with E-state index in [2.05, 4.69) is 0 Å². The van der Waals surface area contributed by atoms with E-state index in [1.54, 1.807) is 24.3 Å². The van der Waals surface area contributed by atoms with Gasteiger partial charge in [0.25, 0.3) is 10.0 Å². The van der Waals surface area contributed by atoms with Crippen LogP contribution >= 0.6 is 11.6 Å². The Hall–Kier alpha value is -1.76. The van der Waals surface area contributed by atoms with Gasteiger partial charge < -0.3 is 9.84 Å². The van der Waals surface area contributed by atoms with Gasteiger partial charge in [-0.1, -0.05) is 29.8 Å². The van der Waals surface area contributed by atoms with Crippen LogP contribution < -0.4 is 9.04 Å². The van der Waals surface area contributed by atoms with Crippen LogP contribution in [0.5, 0.6) is 5.75 Å². The van der Waals surface area contributed by atoms with Gasteiger partial charge in [-0.05, 0) is 30.7 Å². The van der Waals surface area contributed by atoms with E-state index < -0.39 is 16.1 Å². The number of methoxy groups -OCH3 is 1. The molecule has 1 N–H and O–H groups in total. The SMILES string of the molecule is COc1ccc(S(=O)(=O)N2CCC(O)c3ccccc32)cc1Cl. The molecule has 0 aliphatic carbocycles. The second-order valence-corrected chi connectivity index (χ2v) is 7.51. The predicted octanol–water partition coefficient (Wildman–Crippen LogP) is 2.98. The number of sulfonamides is 1. The van der Waals surface area contributed by atoms with Crippen LogP contribution in [0.25, 0.3) is 0 Å². The number of benzene rings is 2. The highest BCUT2D eigenvalue weighted by Crippen LogP contribution is 2.37. The van der Waals surface area contributed by atoms with Gasteiger partial charge >= 0.3 is 0 Å². The van der Waals surface area contributed by atoms with E-state index in [4.69, 9.17) is 16.3 Å². The molecular weight excluding hydrogens is 338 g/mol. The first-order valence-corrected chi connectivity index (χ1v) is 8.90. The van der Waals surface area contributed by atoms with Crippen LogP contribution in [0.3, 0.4) is 0 Å². The second kappa shape index (κ2) is 6.03. The Morgan fingerprint density at radius 1 is 1.26 bits per heavy atom.